The van der Waals surface area contributed by atoms with E-state index >= 15 is 0 Å². The van der Waals surface area contributed by atoms with Crippen LogP contribution in [-0.2, 0) is 6.42 Å². The monoisotopic (exact) mass is 298 g/mol. The van der Waals surface area contributed by atoms with Gasteiger partial charge in [0.1, 0.15) is 17.4 Å². The molecule has 0 aliphatic carbocycles. The Balaban J connectivity index is 2.31. The Labute approximate surface area is 120 Å². The van der Waals surface area contributed by atoms with Crippen LogP contribution in [0.25, 0.3) is 0 Å². The van der Waals surface area contributed by atoms with Gasteiger partial charge in [0.05, 0.1) is 0 Å². The first-order valence-corrected chi connectivity index (χ1v) is 6.35. The van der Waals surface area contributed by atoms with Crippen molar-refractivity contribution in [2.24, 2.45) is 5.84 Å². The molecule has 19 heavy (non-hydrogen) atoms. The van der Waals surface area contributed by atoms with Crippen LogP contribution in [0.5, 0.6) is 11.6 Å². The Bertz CT molecular complexity index is 549. The molecule has 1 aromatic heterocycles. The van der Waals surface area contributed by atoms with Crippen LogP contribution in [0.3, 0.4) is 0 Å². The van der Waals surface area contributed by atoms with Gasteiger partial charge in [-0.3, -0.25) is 0 Å². The van der Waals surface area contributed by atoms with E-state index in [2.05, 4.69) is 15.4 Å². The van der Waals surface area contributed by atoms with Crippen LogP contribution in [0.15, 0.2) is 24.3 Å². The second kappa shape index (κ2) is 6.06. The molecular formula is C12H12Cl2N4O. The van der Waals surface area contributed by atoms with Crippen LogP contribution in [0, 0.1) is 0 Å². The molecule has 0 fully saturated rings. The first-order valence-electron chi connectivity index (χ1n) is 5.59. The van der Waals surface area contributed by atoms with Crippen LogP contribution >= 0.6 is 23.2 Å². The van der Waals surface area contributed by atoms with Crippen LogP contribution in [-0.4, -0.2) is 9.97 Å². The average molecular weight is 299 g/mol. The smallest absolute Gasteiger partial charge is 0.224 e. The molecule has 2 aromatic rings. The fraction of sp³-hybridized carbons (Fsp3) is 0.167. The summed E-state index contributed by atoms with van der Waals surface area (Å²) in [7, 11) is 0. The highest BCUT2D eigenvalue weighted by molar-refractivity contribution is 6.34. The first kappa shape index (κ1) is 13.9. The molecule has 0 saturated heterocycles. The molecule has 0 unspecified atom stereocenters. The van der Waals surface area contributed by atoms with Gasteiger partial charge in [-0.2, -0.15) is 4.98 Å². The molecular weight excluding hydrogens is 287 g/mol. The summed E-state index contributed by atoms with van der Waals surface area (Å²) in [5.74, 6) is 7.33. The van der Waals surface area contributed by atoms with Gasteiger partial charge < -0.3 is 10.2 Å². The Morgan fingerprint density at radius 3 is 2.42 bits per heavy atom. The van der Waals surface area contributed by atoms with E-state index in [0.29, 0.717) is 39.7 Å². The Hall–Kier alpha value is -1.56. The minimum absolute atomic E-state index is 0.373. The third kappa shape index (κ3) is 3.70. The van der Waals surface area contributed by atoms with Crippen molar-refractivity contribution in [3.63, 3.8) is 0 Å². The minimum atomic E-state index is 0.373. The standard InChI is InChI=1S/C12H12Cl2N4O/c1-2-10-16-11(18-15)6-12(17-10)19-9-4-7(13)3-8(14)5-9/h3-6H,2,15H2,1H3,(H,16,17,18). The van der Waals surface area contributed by atoms with Crippen LogP contribution in [0.2, 0.25) is 10.0 Å². The van der Waals surface area contributed by atoms with E-state index in [9.17, 15) is 0 Å². The van der Waals surface area contributed by atoms with Gasteiger partial charge in [-0.1, -0.05) is 30.1 Å². The Morgan fingerprint density at radius 2 is 1.84 bits per heavy atom. The summed E-state index contributed by atoms with van der Waals surface area (Å²) >= 11 is 11.8. The van der Waals surface area contributed by atoms with E-state index in [1.54, 1.807) is 24.3 Å². The van der Waals surface area contributed by atoms with E-state index in [1.807, 2.05) is 6.92 Å². The van der Waals surface area contributed by atoms with Crippen molar-refractivity contribution < 1.29 is 4.74 Å². The van der Waals surface area contributed by atoms with Gasteiger partial charge in [-0.15, -0.1) is 0 Å². The molecule has 0 aliphatic heterocycles. The number of aromatic nitrogens is 2. The van der Waals surface area contributed by atoms with Crippen molar-refractivity contribution in [2.75, 3.05) is 5.43 Å². The van der Waals surface area contributed by atoms with E-state index in [-0.39, 0.29) is 0 Å². The largest absolute Gasteiger partial charge is 0.439 e. The number of anilines is 1. The summed E-state index contributed by atoms with van der Waals surface area (Å²) in [5, 5.41) is 0.980. The van der Waals surface area contributed by atoms with Gasteiger partial charge in [0, 0.05) is 22.5 Å². The normalized spacial score (nSPS) is 10.3. The van der Waals surface area contributed by atoms with Gasteiger partial charge >= 0.3 is 0 Å². The molecule has 100 valence electrons. The molecule has 0 bridgehead atoms. The molecule has 0 atom stereocenters. The Morgan fingerprint density at radius 1 is 1.16 bits per heavy atom. The van der Waals surface area contributed by atoms with E-state index in [1.165, 1.54) is 0 Å². The lowest BCUT2D eigenvalue weighted by atomic mass is 10.3. The number of aryl methyl sites for hydroxylation is 1. The average Bonchev–Trinajstić information content (AvgIpc) is 2.37. The predicted molar refractivity (Wildman–Crippen MR) is 75.8 cm³/mol. The van der Waals surface area contributed by atoms with Crippen molar-refractivity contribution in [3.05, 3.63) is 40.1 Å². The zero-order chi connectivity index (χ0) is 13.8. The summed E-state index contributed by atoms with van der Waals surface area (Å²) in [6, 6.07) is 6.52. The number of halogens is 2. The van der Waals surface area contributed by atoms with Gasteiger partial charge in [-0.25, -0.2) is 10.8 Å². The second-order valence-corrected chi connectivity index (χ2v) is 4.59. The second-order valence-electron chi connectivity index (χ2n) is 3.71. The number of hydrogen-bond donors (Lipinski definition) is 2. The summed E-state index contributed by atoms with van der Waals surface area (Å²) in [6.45, 7) is 1.94. The first-order chi connectivity index (χ1) is 9.10. The number of nitrogen functional groups attached to an aromatic ring is 1. The minimum Gasteiger partial charge on any atom is -0.439 e. The quantitative estimate of drug-likeness (QED) is 0.668. The number of nitrogens with two attached hydrogens (primary N) is 1. The number of benzene rings is 1. The number of rotatable bonds is 4. The molecule has 0 saturated carbocycles. The molecule has 7 heteroatoms. The number of hydrogen-bond acceptors (Lipinski definition) is 5. The number of nitrogens with one attached hydrogen (secondary N) is 1. The van der Waals surface area contributed by atoms with Crippen LogP contribution in [0.4, 0.5) is 5.82 Å². The topological polar surface area (TPSA) is 73.1 Å². The van der Waals surface area contributed by atoms with Crippen molar-refractivity contribution in [2.45, 2.75) is 13.3 Å². The zero-order valence-corrected chi connectivity index (χ0v) is 11.7. The molecule has 2 rings (SSSR count). The van der Waals surface area contributed by atoms with Crippen LogP contribution in [0.1, 0.15) is 12.7 Å². The van der Waals surface area contributed by atoms with E-state index in [4.69, 9.17) is 33.8 Å². The molecule has 3 N–H and O–H groups in total. The fourth-order valence-electron chi connectivity index (χ4n) is 1.47. The molecule has 1 heterocycles. The third-order valence-corrected chi connectivity index (χ3v) is 2.71. The highest BCUT2D eigenvalue weighted by atomic mass is 35.5. The zero-order valence-electron chi connectivity index (χ0n) is 10.2. The van der Waals surface area contributed by atoms with Crippen molar-refractivity contribution >= 4 is 29.0 Å². The lowest BCUT2D eigenvalue weighted by Gasteiger charge is -2.08. The van der Waals surface area contributed by atoms with Crippen molar-refractivity contribution in [1.29, 1.82) is 0 Å². The maximum Gasteiger partial charge on any atom is 0.224 e. The third-order valence-electron chi connectivity index (χ3n) is 2.27. The molecule has 0 aliphatic rings. The summed E-state index contributed by atoms with van der Waals surface area (Å²) in [5.41, 5.74) is 2.47. The molecule has 0 amide bonds. The molecule has 0 radical (unpaired) electrons. The van der Waals surface area contributed by atoms with Crippen LogP contribution < -0.4 is 16.0 Å². The summed E-state index contributed by atoms with van der Waals surface area (Å²) < 4.78 is 5.61. The highest BCUT2D eigenvalue weighted by Crippen LogP contribution is 2.28. The van der Waals surface area contributed by atoms with Gasteiger partial charge in [0.15, 0.2) is 0 Å². The number of nitrogens with zero attached hydrogens (tertiary/aromatic N) is 2. The maximum absolute atomic E-state index is 5.90. The summed E-state index contributed by atoms with van der Waals surface area (Å²) in [6.07, 6.45) is 0.669. The molecule has 0 spiro atoms. The predicted octanol–water partition coefficient (Wildman–Crippen LogP) is 3.42. The van der Waals surface area contributed by atoms with E-state index in [0.717, 1.165) is 0 Å². The molecule has 5 nitrogen and oxygen atoms in total. The van der Waals surface area contributed by atoms with Gasteiger partial charge in [-0.05, 0) is 18.2 Å². The van der Waals surface area contributed by atoms with Gasteiger partial charge in [0.25, 0.3) is 0 Å². The molecule has 1 aromatic carbocycles. The highest BCUT2D eigenvalue weighted by Gasteiger charge is 2.06. The Kier molecular flexibility index (Phi) is 4.42. The van der Waals surface area contributed by atoms with Crippen molar-refractivity contribution in [3.8, 4) is 11.6 Å². The van der Waals surface area contributed by atoms with Gasteiger partial charge in [0.2, 0.25) is 5.88 Å². The maximum atomic E-state index is 5.90. The lowest BCUT2D eigenvalue weighted by Crippen LogP contribution is -2.10. The lowest BCUT2D eigenvalue weighted by molar-refractivity contribution is 0.459. The van der Waals surface area contributed by atoms with E-state index < -0.39 is 0 Å². The number of hydrazine groups is 1. The van der Waals surface area contributed by atoms with Crippen molar-refractivity contribution in [1.82, 2.24) is 9.97 Å². The fourth-order valence-corrected chi connectivity index (χ4v) is 1.97. The summed E-state index contributed by atoms with van der Waals surface area (Å²) in [4.78, 5) is 8.41. The number of ether oxygens (including phenoxy) is 1. The SMILES string of the molecule is CCc1nc(NN)cc(Oc2cc(Cl)cc(Cl)c2)n1.